The third kappa shape index (κ3) is 3.56. The molecule has 1 N–H and O–H groups in total. The highest BCUT2D eigenvalue weighted by atomic mass is 127. The molecule has 0 saturated heterocycles. The van der Waals surface area contributed by atoms with Crippen molar-refractivity contribution in [2.45, 2.75) is 35.5 Å². The molecule has 17 heavy (non-hydrogen) atoms. The lowest BCUT2D eigenvalue weighted by Gasteiger charge is -2.33. The standard InChI is InChI=1S/C13H18I2N2/c1-5-10-7-11(13(4,14)15)12(6-2)17(8-10)9(3)16/h6-8,16H,5H2,1-4H3/b12-6-,16-9?. The maximum atomic E-state index is 7.89. The minimum absolute atomic E-state index is 0.0414. The van der Waals surface area contributed by atoms with Gasteiger partial charge in [0.2, 0.25) is 0 Å². The molecule has 0 atom stereocenters. The fraction of sp³-hybridized carbons (Fsp3) is 0.462. The van der Waals surface area contributed by atoms with Crippen molar-refractivity contribution in [1.82, 2.24) is 4.90 Å². The van der Waals surface area contributed by atoms with Gasteiger partial charge >= 0.3 is 0 Å². The van der Waals surface area contributed by atoms with E-state index < -0.39 is 0 Å². The van der Waals surface area contributed by atoms with Crippen molar-refractivity contribution >= 4 is 51.0 Å². The molecule has 0 aromatic heterocycles. The predicted molar refractivity (Wildman–Crippen MR) is 91.9 cm³/mol. The van der Waals surface area contributed by atoms with Gasteiger partial charge in [0.05, 0.1) is 1.43 Å². The van der Waals surface area contributed by atoms with Gasteiger partial charge in [0.1, 0.15) is 5.84 Å². The Kier molecular flexibility index (Phi) is 5.24. The highest BCUT2D eigenvalue weighted by Gasteiger charge is 2.29. The third-order valence-electron chi connectivity index (χ3n) is 2.68. The summed E-state index contributed by atoms with van der Waals surface area (Å²) in [5, 5.41) is 7.89. The van der Waals surface area contributed by atoms with E-state index in [1.165, 1.54) is 11.1 Å². The molecule has 1 heterocycles. The molecule has 1 aliphatic rings. The van der Waals surface area contributed by atoms with Crippen molar-refractivity contribution in [2.24, 2.45) is 0 Å². The van der Waals surface area contributed by atoms with E-state index >= 15 is 0 Å². The van der Waals surface area contributed by atoms with Gasteiger partial charge in [-0.2, -0.15) is 0 Å². The Hall–Kier alpha value is 0.150. The minimum atomic E-state index is 0.0414. The molecule has 0 fully saturated rings. The lowest BCUT2D eigenvalue weighted by atomic mass is 10.00. The van der Waals surface area contributed by atoms with Crippen LogP contribution < -0.4 is 0 Å². The van der Waals surface area contributed by atoms with E-state index in [0.717, 1.165) is 12.1 Å². The zero-order chi connectivity index (χ0) is 13.2. The number of halogens is 2. The van der Waals surface area contributed by atoms with Crippen LogP contribution >= 0.6 is 45.2 Å². The lowest BCUT2D eigenvalue weighted by molar-refractivity contribution is 0.659. The Morgan fingerprint density at radius 1 is 1.53 bits per heavy atom. The summed E-state index contributed by atoms with van der Waals surface area (Å²) in [6.07, 6.45) is 7.41. The predicted octanol–water partition coefficient (Wildman–Crippen LogP) is 5.01. The summed E-state index contributed by atoms with van der Waals surface area (Å²) in [6, 6.07) is 0. The van der Waals surface area contributed by atoms with Crippen LogP contribution in [0.2, 0.25) is 0 Å². The topological polar surface area (TPSA) is 27.1 Å². The molecule has 0 bridgehead atoms. The van der Waals surface area contributed by atoms with Gasteiger partial charge in [0.25, 0.3) is 0 Å². The van der Waals surface area contributed by atoms with Gasteiger partial charge < -0.3 is 4.90 Å². The second-order valence-electron chi connectivity index (χ2n) is 4.13. The Morgan fingerprint density at radius 2 is 2.12 bits per heavy atom. The van der Waals surface area contributed by atoms with Gasteiger partial charge in [-0.3, -0.25) is 5.41 Å². The molecule has 0 amide bonds. The highest BCUT2D eigenvalue weighted by molar-refractivity contribution is 14.2. The molecule has 0 saturated carbocycles. The van der Waals surface area contributed by atoms with E-state index in [2.05, 4.69) is 77.4 Å². The average Bonchev–Trinajstić information content (AvgIpc) is 2.25. The summed E-state index contributed by atoms with van der Waals surface area (Å²) in [5.74, 6) is 0.562. The number of allylic oxidation sites excluding steroid dienone is 4. The molecule has 0 spiro atoms. The Bertz CT molecular complexity index is 412. The number of amidine groups is 1. The molecule has 0 aromatic carbocycles. The molecule has 94 valence electrons. The summed E-state index contributed by atoms with van der Waals surface area (Å²) < 4.78 is 0.0414. The first-order valence-electron chi connectivity index (χ1n) is 5.63. The smallest absolute Gasteiger partial charge is 0.101 e. The first-order chi connectivity index (χ1) is 7.81. The second-order valence-corrected chi connectivity index (χ2v) is 10.5. The number of hydrogen-bond donors (Lipinski definition) is 1. The van der Waals surface area contributed by atoms with Crippen LogP contribution in [-0.4, -0.2) is 12.2 Å². The van der Waals surface area contributed by atoms with E-state index in [0.29, 0.717) is 5.84 Å². The van der Waals surface area contributed by atoms with Crippen LogP contribution in [0.15, 0.2) is 35.2 Å². The summed E-state index contributed by atoms with van der Waals surface area (Å²) in [7, 11) is 0. The van der Waals surface area contributed by atoms with Crippen LogP contribution in [0.4, 0.5) is 0 Å². The number of hydrogen-bond acceptors (Lipinski definition) is 1. The minimum Gasteiger partial charge on any atom is -0.306 e. The maximum absolute atomic E-state index is 7.89. The van der Waals surface area contributed by atoms with Crippen molar-refractivity contribution in [2.75, 3.05) is 0 Å². The fourth-order valence-electron chi connectivity index (χ4n) is 1.78. The molecule has 0 aromatic rings. The Morgan fingerprint density at radius 3 is 2.47 bits per heavy atom. The zero-order valence-electron chi connectivity index (χ0n) is 10.6. The third-order valence-corrected chi connectivity index (χ3v) is 3.84. The van der Waals surface area contributed by atoms with Gasteiger partial charge in [-0.25, -0.2) is 0 Å². The lowest BCUT2D eigenvalue weighted by Crippen LogP contribution is -2.29. The summed E-state index contributed by atoms with van der Waals surface area (Å²) in [6.45, 7) is 8.20. The molecule has 1 rings (SSSR count). The molecule has 4 heteroatoms. The van der Waals surface area contributed by atoms with Gasteiger partial charge in [-0.1, -0.05) is 64.3 Å². The summed E-state index contributed by atoms with van der Waals surface area (Å²) >= 11 is 4.89. The van der Waals surface area contributed by atoms with Gasteiger partial charge in [-0.05, 0) is 32.8 Å². The van der Waals surface area contributed by atoms with E-state index in [4.69, 9.17) is 5.41 Å². The second kappa shape index (κ2) is 5.86. The maximum Gasteiger partial charge on any atom is 0.101 e. The molecule has 0 radical (unpaired) electrons. The number of nitrogens with one attached hydrogen (secondary N) is 1. The van der Waals surface area contributed by atoms with E-state index in [1.54, 1.807) is 0 Å². The SMILES string of the molecule is C/C=C1/C(C(C)(I)I)=CC(CC)=CN1C(C)=N. The number of nitrogens with zero attached hydrogens (tertiary/aromatic N) is 1. The van der Waals surface area contributed by atoms with Gasteiger partial charge in [0.15, 0.2) is 0 Å². The van der Waals surface area contributed by atoms with Crippen molar-refractivity contribution in [3.8, 4) is 0 Å². The average molecular weight is 456 g/mol. The van der Waals surface area contributed by atoms with Crippen LogP contribution in [0.3, 0.4) is 0 Å². The molecular weight excluding hydrogens is 438 g/mol. The molecule has 0 unspecified atom stereocenters. The van der Waals surface area contributed by atoms with Crippen LogP contribution in [0, 0.1) is 5.41 Å². The Balaban J connectivity index is 3.32. The molecule has 0 aliphatic carbocycles. The van der Waals surface area contributed by atoms with Crippen LogP contribution in [0.1, 0.15) is 34.1 Å². The normalized spacial score (nSPS) is 19.2. The van der Waals surface area contributed by atoms with Crippen molar-refractivity contribution in [1.29, 1.82) is 5.41 Å². The quantitative estimate of drug-likeness (QED) is 0.269. The van der Waals surface area contributed by atoms with E-state index in [1.807, 2.05) is 18.7 Å². The Labute approximate surface area is 131 Å². The van der Waals surface area contributed by atoms with Gasteiger partial charge in [-0.15, -0.1) is 0 Å². The van der Waals surface area contributed by atoms with Gasteiger partial charge in [0, 0.05) is 17.5 Å². The van der Waals surface area contributed by atoms with Crippen LogP contribution in [0.5, 0.6) is 0 Å². The van der Waals surface area contributed by atoms with Crippen LogP contribution in [-0.2, 0) is 0 Å². The number of rotatable bonds is 2. The molecule has 2 nitrogen and oxygen atoms in total. The summed E-state index contributed by atoms with van der Waals surface area (Å²) in [4.78, 5) is 1.98. The number of alkyl halides is 2. The summed E-state index contributed by atoms with van der Waals surface area (Å²) in [5.41, 5.74) is 3.69. The van der Waals surface area contributed by atoms with Crippen LogP contribution in [0.25, 0.3) is 0 Å². The van der Waals surface area contributed by atoms with Crippen molar-refractivity contribution in [3.63, 3.8) is 0 Å². The van der Waals surface area contributed by atoms with E-state index in [9.17, 15) is 0 Å². The van der Waals surface area contributed by atoms with Crippen molar-refractivity contribution in [3.05, 3.63) is 35.2 Å². The molecular formula is C13H18I2N2. The van der Waals surface area contributed by atoms with Crippen molar-refractivity contribution < 1.29 is 0 Å². The first kappa shape index (κ1) is 15.2. The zero-order valence-corrected chi connectivity index (χ0v) is 15.0. The molecule has 1 aliphatic heterocycles. The van der Waals surface area contributed by atoms with E-state index in [-0.39, 0.29) is 1.43 Å². The fourth-order valence-corrected chi connectivity index (χ4v) is 2.64. The monoisotopic (exact) mass is 456 g/mol. The first-order valence-corrected chi connectivity index (χ1v) is 7.78. The highest BCUT2D eigenvalue weighted by Crippen LogP contribution is 2.42. The largest absolute Gasteiger partial charge is 0.306 e.